The Morgan fingerprint density at radius 3 is 2.55 bits per heavy atom. The monoisotopic (exact) mass is 295 g/mol. The van der Waals surface area contributed by atoms with Crippen LogP contribution in [0.25, 0.3) is 0 Å². The van der Waals surface area contributed by atoms with Crippen LogP contribution in [0.3, 0.4) is 0 Å². The number of hydrogen-bond acceptors (Lipinski definition) is 3. The van der Waals surface area contributed by atoms with Crippen LogP contribution in [0.15, 0.2) is 29.2 Å². The molecule has 0 N–H and O–H groups in total. The van der Waals surface area contributed by atoms with Crippen molar-refractivity contribution in [2.24, 2.45) is 5.92 Å². The molecule has 1 unspecified atom stereocenters. The Kier molecular flexibility index (Phi) is 4.48. The Morgan fingerprint density at radius 1 is 1.30 bits per heavy atom. The smallest absolute Gasteiger partial charge is 0.238 e. The second kappa shape index (κ2) is 5.95. The molecule has 1 fully saturated rings. The van der Waals surface area contributed by atoms with Crippen LogP contribution < -0.4 is 0 Å². The number of sulfone groups is 1. The van der Waals surface area contributed by atoms with Crippen LogP contribution in [0, 0.1) is 12.8 Å². The molecule has 0 aromatic heterocycles. The van der Waals surface area contributed by atoms with Gasteiger partial charge in [0.2, 0.25) is 5.91 Å². The molecule has 20 heavy (non-hydrogen) atoms. The number of aryl methyl sites for hydroxylation is 1. The first-order valence-corrected chi connectivity index (χ1v) is 8.61. The minimum absolute atomic E-state index is 0.224. The fraction of sp³-hybridized carbons (Fsp3) is 0.533. The summed E-state index contributed by atoms with van der Waals surface area (Å²) in [7, 11) is -3.53. The van der Waals surface area contributed by atoms with Gasteiger partial charge in [0.25, 0.3) is 0 Å². The zero-order valence-electron chi connectivity index (χ0n) is 12.0. The van der Waals surface area contributed by atoms with E-state index in [1.165, 1.54) is 0 Å². The van der Waals surface area contributed by atoms with E-state index in [0.717, 1.165) is 18.4 Å². The molecule has 1 heterocycles. The molecule has 1 aromatic rings. The summed E-state index contributed by atoms with van der Waals surface area (Å²) in [6, 6.07) is 6.63. The fourth-order valence-corrected chi connectivity index (χ4v) is 3.72. The minimum atomic E-state index is -3.53. The quantitative estimate of drug-likeness (QED) is 0.857. The highest BCUT2D eigenvalue weighted by atomic mass is 32.2. The number of rotatable bonds is 3. The van der Waals surface area contributed by atoms with E-state index in [1.807, 2.05) is 6.92 Å². The van der Waals surface area contributed by atoms with Crippen molar-refractivity contribution in [3.8, 4) is 0 Å². The molecule has 0 aliphatic carbocycles. The Balaban J connectivity index is 2.08. The molecule has 1 amide bonds. The van der Waals surface area contributed by atoms with Crippen molar-refractivity contribution >= 4 is 15.7 Å². The zero-order chi connectivity index (χ0) is 14.8. The number of hydrogen-bond donors (Lipinski definition) is 0. The predicted octanol–water partition coefficient (Wildman–Crippen LogP) is 2.03. The van der Waals surface area contributed by atoms with Crippen LogP contribution in [-0.2, 0) is 14.6 Å². The van der Waals surface area contributed by atoms with E-state index in [4.69, 9.17) is 0 Å². The van der Waals surface area contributed by atoms with E-state index in [0.29, 0.717) is 19.0 Å². The molecule has 1 aliphatic rings. The van der Waals surface area contributed by atoms with Gasteiger partial charge in [0.05, 0.1) is 4.90 Å². The van der Waals surface area contributed by atoms with Crippen LogP contribution in [0.2, 0.25) is 0 Å². The van der Waals surface area contributed by atoms with Crippen molar-refractivity contribution in [1.82, 2.24) is 4.90 Å². The third kappa shape index (κ3) is 3.60. The number of amides is 1. The van der Waals surface area contributed by atoms with E-state index in [-0.39, 0.29) is 10.8 Å². The minimum Gasteiger partial charge on any atom is -0.342 e. The molecule has 0 bridgehead atoms. The number of nitrogens with zero attached hydrogens (tertiary/aromatic N) is 1. The maximum absolute atomic E-state index is 12.2. The van der Waals surface area contributed by atoms with Crippen LogP contribution in [0.4, 0.5) is 0 Å². The number of carbonyl (C=O) groups excluding carboxylic acids is 1. The van der Waals surface area contributed by atoms with Gasteiger partial charge in [0.1, 0.15) is 5.75 Å². The standard InChI is InChI=1S/C15H21NO3S/c1-12-5-7-14(8-6-12)20(18,19)11-15(17)16-9-3-4-13(2)10-16/h5-8,13H,3-4,9-11H2,1-2H3. The second-order valence-corrected chi connectivity index (χ2v) is 7.65. The molecule has 1 atom stereocenters. The molecule has 1 saturated heterocycles. The highest BCUT2D eigenvalue weighted by Gasteiger charge is 2.26. The van der Waals surface area contributed by atoms with Crippen molar-refractivity contribution in [2.75, 3.05) is 18.8 Å². The maximum atomic E-state index is 12.2. The van der Waals surface area contributed by atoms with Crippen LogP contribution in [-0.4, -0.2) is 38.1 Å². The van der Waals surface area contributed by atoms with Crippen molar-refractivity contribution in [2.45, 2.75) is 31.6 Å². The number of likely N-dealkylation sites (tertiary alicyclic amines) is 1. The lowest BCUT2D eigenvalue weighted by atomic mass is 10.0. The average Bonchev–Trinajstić information content (AvgIpc) is 2.38. The fourth-order valence-electron chi connectivity index (χ4n) is 2.50. The molecule has 1 aromatic carbocycles. The Morgan fingerprint density at radius 2 is 1.95 bits per heavy atom. The molecule has 5 heteroatoms. The summed E-state index contributed by atoms with van der Waals surface area (Å²) < 4.78 is 24.5. The van der Waals surface area contributed by atoms with Crippen molar-refractivity contribution < 1.29 is 13.2 Å². The normalized spacial score (nSPS) is 19.9. The summed E-state index contributed by atoms with van der Waals surface area (Å²) in [6.07, 6.45) is 2.06. The topological polar surface area (TPSA) is 54.5 Å². The number of carbonyl (C=O) groups is 1. The van der Waals surface area contributed by atoms with Gasteiger partial charge in [-0.15, -0.1) is 0 Å². The van der Waals surface area contributed by atoms with Gasteiger partial charge in [0, 0.05) is 13.1 Å². The van der Waals surface area contributed by atoms with Gasteiger partial charge in [-0.05, 0) is 37.8 Å². The SMILES string of the molecule is Cc1ccc(S(=O)(=O)CC(=O)N2CCCC(C)C2)cc1. The lowest BCUT2D eigenvalue weighted by Crippen LogP contribution is -2.42. The maximum Gasteiger partial charge on any atom is 0.238 e. The van der Waals surface area contributed by atoms with Gasteiger partial charge < -0.3 is 4.90 Å². The molecule has 4 nitrogen and oxygen atoms in total. The third-order valence-electron chi connectivity index (χ3n) is 3.70. The second-order valence-electron chi connectivity index (χ2n) is 5.66. The van der Waals surface area contributed by atoms with Crippen molar-refractivity contribution in [1.29, 1.82) is 0 Å². The van der Waals surface area contributed by atoms with Crippen molar-refractivity contribution in [3.05, 3.63) is 29.8 Å². The first kappa shape index (κ1) is 15.0. The average molecular weight is 295 g/mol. The highest BCUT2D eigenvalue weighted by molar-refractivity contribution is 7.92. The molecule has 0 radical (unpaired) electrons. The predicted molar refractivity (Wildman–Crippen MR) is 78.2 cm³/mol. The lowest BCUT2D eigenvalue weighted by molar-refractivity contribution is -0.130. The first-order chi connectivity index (χ1) is 9.38. The Bertz CT molecular complexity index is 578. The highest BCUT2D eigenvalue weighted by Crippen LogP contribution is 2.18. The summed E-state index contributed by atoms with van der Waals surface area (Å²) in [5.74, 6) is -0.255. The van der Waals surface area contributed by atoms with Gasteiger partial charge in [-0.2, -0.15) is 0 Å². The third-order valence-corrected chi connectivity index (χ3v) is 5.32. The van der Waals surface area contributed by atoms with Gasteiger partial charge in [-0.25, -0.2) is 8.42 Å². The Hall–Kier alpha value is -1.36. The van der Waals surface area contributed by atoms with Gasteiger partial charge >= 0.3 is 0 Å². The van der Waals surface area contributed by atoms with E-state index < -0.39 is 15.6 Å². The van der Waals surface area contributed by atoms with Crippen LogP contribution in [0.1, 0.15) is 25.3 Å². The van der Waals surface area contributed by atoms with Gasteiger partial charge in [-0.1, -0.05) is 24.6 Å². The van der Waals surface area contributed by atoms with E-state index >= 15 is 0 Å². The van der Waals surface area contributed by atoms with E-state index in [2.05, 4.69) is 6.92 Å². The molecule has 2 rings (SSSR count). The largest absolute Gasteiger partial charge is 0.342 e. The van der Waals surface area contributed by atoms with E-state index in [9.17, 15) is 13.2 Å². The molecular weight excluding hydrogens is 274 g/mol. The summed E-state index contributed by atoms with van der Waals surface area (Å²) in [4.78, 5) is 14.1. The molecule has 0 spiro atoms. The number of piperidine rings is 1. The summed E-state index contributed by atoms with van der Waals surface area (Å²) in [5.41, 5.74) is 1.00. The molecule has 110 valence electrons. The van der Waals surface area contributed by atoms with Gasteiger partial charge in [0.15, 0.2) is 9.84 Å². The van der Waals surface area contributed by atoms with Crippen LogP contribution >= 0.6 is 0 Å². The number of benzene rings is 1. The summed E-state index contributed by atoms with van der Waals surface area (Å²) in [6.45, 7) is 5.33. The molecule has 1 aliphatic heterocycles. The summed E-state index contributed by atoms with van der Waals surface area (Å²) >= 11 is 0. The first-order valence-electron chi connectivity index (χ1n) is 6.96. The Labute approximate surface area is 120 Å². The van der Waals surface area contributed by atoms with Gasteiger partial charge in [-0.3, -0.25) is 4.79 Å². The van der Waals surface area contributed by atoms with Crippen molar-refractivity contribution in [3.63, 3.8) is 0 Å². The zero-order valence-corrected chi connectivity index (χ0v) is 12.8. The summed E-state index contributed by atoms with van der Waals surface area (Å²) in [5, 5.41) is 0. The van der Waals surface area contributed by atoms with Crippen LogP contribution in [0.5, 0.6) is 0 Å². The van der Waals surface area contributed by atoms with E-state index in [1.54, 1.807) is 29.2 Å². The lowest BCUT2D eigenvalue weighted by Gasteiger charge is -2.30. The molecular formula is C15H21NO3S. The molecule has 0 saturated carbocycles.